The molecular formula is C12H17BrN2O2S. The summed E-state index contributed by atoms with van der Waals surface area (Å²) in [6.07, 6.45) is 6.39. The Kier molecular flexibility index (Phi) is 4.40. The molecule has 1 aliphatic rings. The monoisotopic (exact) mass is 332 g/mol. The molecule has 0 aliphatic carbocycles. The van der Waals surface area contributed by atoms with Gasteiger partial charge in [0, 0.05) is 22.9 Å². The van der Waals surface area contributed by atoms with Gasteiger partial charge < -0.3 is 5.73 Å². The molecule has 18 heavy (non-hydrogen) atoms. The first-order valence-corrected chi connectivity index (χ1v) is 8.56. The second-order valence-electron chi connectivity index (χ2n) is 4.78. The third-order valence-electron chi connectivity index (χ3n) is 3.34. The first kappa shape index (κ1) is 14.0. The molecule has 1 aliphatic heterocycles. The summed E-state index contributed by atoms with van der Waals surface area (Å²) < 4.78 is 24.8. The van der Waals surface area contributed by atoms with Gasteiger partial charge in [-0.1, -0.05) is 6.42 Å². The molecule has 0 amide bonds. The largest absolute Gasteiger partial charge is 0.326 e. The Bertz CT molecular complexity index is 519. The van der Waals surface area contributed by atoms with Gasteiger partial charge in [0.25, 0.3) is 0 Å². The molecule has 6 heteroatoms. The van der Waals surface area contributed by atoms with Crippen molar-refractivity contribution in [3.63, 3.8) is 0 Å². The van der Waals surface area contributed by atoms with Gasteiger partial charge in [-0.05, 0) is 46.8 Å². The third-order valence-corrected chi connectivity index (χ3v) is 6.14. The number of hydrogen-bond donors (Lipinski definition) is 1. The van der Waals surface area contributed by atoms with Gasteiger partial charge in [0.1, 0.15) is 0 Å². The summed E-state index contributed by atoms with van der Waals surface area (Å²) in [5.41, 5.74) is 7.05. The van der Waals surface area contributed by atoms with Gasteiger partial charge in [-0.25, -0.2) is 8.42 Å². The van der Waals surface area contributed by atoms with Crippen molar-refractivity contribution in [3.05, 3.63) is 28.5 Å². The minimum absolute atomic E-state index is 0.280. The first-order chi connectivity index (χ1) is 8.49. The van der Waals surface area contributed by atoms with Crippen molar-refractivity contribution in [2.45, 2.75) is 37.0 Å². The highest BCUT2D eigenvalue weighted by molar-refractivity contribution is 9.10. The lowest BCUT2D eigenvalue weighted by molar-refractivity contribution is 0.495. The van der Waals surface area contributed by atoms with E-state index in [0.717, 1.165) is 22.9 Å². The van der Waals surface area contributed by atoms with E-state index >= 15 is 0 Å². The minimum Gasteiger partial charge on any atom is -0.326 e. The van der Waals surface area contributed by atoms with E-state index in [1.807, 2.05) is 6.07 Å². The second kappa shape index (κ2) is 5.67. The van der Waals surface area contributed by atoms with E-state index in [0.29, 0.717) is 12.8 Å². The van der Waals surface area contributed by atoms with Gasteiger partial charge >= 0.3 is 0 Å². The number of pyridine rings is 1. The molecule has 2 heterocycles. The highest BCUT2D eigenvalue weighted by Crippen LogP contribution is 2.23. The summed E-state index contributed by atoms with van der Waals surface area (Å²) >= 11 is 3.35. The Balaban J connectivity index is 2.09. The Labute approximate surface area is 116 Å². The zero-order chi connectivity index (χ0) is 13.2. The highest BCUT2D eigenvalue weighted by Gasteiger charge is 2.33. The lowest BCUT2D eigenvalue weighted by atomic mass is 10.0. The quantitative estimate of drug-likeness (QED) is 0.913. The van der Waals surface area contributed by atoms with Gasteiger partial charge in [0.15, 0.2) is 9.84 Å². The summed E-state index contributed by atoms with van der Waals surface area (Å²) in [6.45, 7) is 0. The number of hydrogen-bond acceptors (Lipinski definition) is 4. The van der Waals surface area contributed by atoms with Crippen LogP contribution in [0.4, 0.5) is 0 Å². The van der Waals surface area contributed by atoms with E-state index in [1.165, 1.54) is 0 Å². The van der Waals surface area contributed by atoms with Crippen LogP contribution < -0.4 is 5.73 Å². The lowest BCUT2D eigenvalue weighted by Gasteiger charge is -2.27. The van der Waals surface area contributed by atoms with Crippen LogP contribution >= 0.6 is 15.9 Å². The van der Waals surface area contributed by atoms with Crippen LogP contribution in [0.5, 0.6) is 0 Å². The normalized spacial score (nSPS) is 24.7. The summed E-state index contributed by atoms with van der Waals surface area (Å²) in [4.78, 5) is 4.07. The number of nitrogens with two attached hydrogens (primary N) is 1. The van der Waals surface area contributed by atoms with E-state index in [1.54, 1.807) is 12.4 Å². The molecule has 0 radical (unpaired) electrons. The van der Waals surface area contributed by atoms with Crippen LogP contribution in [-0.4, -0.2) is 30.4 Å². The molecule has 1 fully saturated rings. The van der Waals surface area contributed by atoms with E-state index in [4.69, 9.17) is 5.73 Å². The molecule has 4 nitrogen and oxygen atoms in total. The van der Waals surface area contributed by atoms with E-state index in [2.05, 4.69) is 20.9 Å². The number of sulfone groups is 1. The van der Waals surface area contributed by atoms with Crippen molar-refractivity contribution in [3.8, 4) is 0 Å². The number of nitrogens with zero attached hydrogens (tertiary/aromatic N) is 1. The molecule has 0 spiro atoms. The predicted molar refractivity (Wildman–Crippen MR) is 75.0 cm³/mol. The summed E-state index contributed by atoms with van der Waals surface area (Å²) in [5, 5.41) is -0.398. The number of halogens is 1. The van der Waals surface area contributed by atoms with Crippen LogP contribution in [0.3, 0.4) is 0 Å². The van der Waals surface area contributed by atoms with E-state index in [9.17, 15) is 8.42 Å². The molecule has 2 atom stereocenters. The smallest absolute Gasteiger partial charge is 0.154 e. The molecular weight excluding hydrogens is 316 g/mol. The molecule has 0 bridgehead atoms. The maximum absolute atomic E-state index is 12.0. The second-order valence-corrected chi connectivity index (χ2v) is 8.04. The first-order valence-electron chi connectivity index (χ1n) is 6.05. The van der Waals surface area contributed by atoms with Crippen molar-refractivity contribution in [2.24, 2.45) is 5.73 Å². The standard InChI is InChI=1S/C12H17BrN2O2S/c13-10-5-9(7-15-8-10)6-11(14)12-3-1-2-4-18(12,16)17/h5,7-8,11-12H,1-4,6,14H2. The van der Waals surface area contributed by atoms with Crippen molar-refractivity contribution in [2.75, 3.05) is 5.75 Å². The van der Waals surface area contributed by atoms with Crippen molar-refractivity contribution >= 4 is 25.8 Å². The summed E-state index contributed by atoms with van der Waals surface area (Å²) in [6, 6.07) is 1.59. The number of rotatable bonds is 3. The SMILES string of the molecule is NC(Cc1cncc(Br)c1)C1CCCCS1(=O)=O. The van der Waals surface area contributed by atoms with Crippen molar-refractivity contribution in [1.82, 2.24) is 4.98 Å². The average Bonchev–Trinajstić information content (AvgIpc) is 2.28. The maximum atomic E-state index is 12.0. The average molecular weight is 333 g/mol. The van der Waals surface area contributed by atoms with Crippen LogP contribution in [-0.2, 0) is 16.3 Å². The van der Waals surface area contributed by atoms with Gasteiger partial charge in [0.05, 0.1) is 11.0 Å². The minimum atomic E-state index is -3.01. The summed E-state index contributed by atoms with van der Waals surface area (Å²) in [7, 11) is -3.01. The molecule has 2 unspecified atom stereocenters. The van der Waals surface area contributed by atoms with Gasteiger partial charge in [0.2, 0.25) is 0 Å². The zero-order valence-corrected chi connectivity index (χ0v) is 12.5. The third kappa shape index (κ3) is 3.30. The molecule has 2 N–H and O–H groups in total. The lowest BCUT2D eigenvalue weighted by Crippen LogP contribution is -2.44. The molecule has 0 aromatic carbocycles. The van der Waals surface area contributed by atoms with Crippen LogP contribution in [0.1, 0.15) is 24.8 Å². The summed E-state index contributed by atoms with van der Waals surface area (Å²) in [5.74, 6) is 0.280. The Hall–Kier alpha value is -0.460. The maximum Gasteiger partial charge on any atom is 0.154 e. The molecule has 2 rings (SSSR count). The fourth-order valence-electron chi connectivity index (χ4n) is 2.43. The molecule has 1 saturated heterocycles. The van der Waals surface area contributed by atoms with Crippen LogP contribution in [0.15, 0.2) is 22.9 Å². The Morgan fingerprint density at radius 1 is 1.44 bits per heavy atom. The van der Waals surface area contributed by atoms with Crippen LogP contribution in [0.2, 0.25) is 0 Å². The van der Waals surface area contributed by atoms with Gasteiger partial charge in [-0.2, -0.15) is 0 Å². The highest BCUT2D eigenvalue weighted by atomic mass is 79.9. The zero-order valence-electron chi connectivity index (χ0n) is 10.0. The molecule has 1 aromatic heterocycles. The predicted octanol–water partition coefficient (Wildman–Crippen LogP) is 1.68. The fraction of sp³-hybridized carbons (Fsp3) is 0.583. The van der Waals surface area contributed by atoms with Gasteiger partial charge in [-0.15, -0.1) is 0 Å². The van der Waals surface area contributed by atoms with E-state index < -0.39 is 15.1 Å². The fourth-order valence-corrected chi connectivity index (χ4v) is 4.91. The molecule has 100 valence electrons. The van der Waals surface area contributed by atoms with Crippen molar-refractivity contribution in [1.29, 1.82) is 0 Å². The Morgan fingerprint density at radius 2 is 2.22 bits per heavy atom. The van der Waals surface area contributed by atoms with Crippen molar-refractivity contribution < 1.29 is 8.42 Å². The van der Waals surface area contributed by atoms with Crippen LogP contribution in [0.25, 0.3) is 0 Å². The topological polar surface area (TPSA) is 73.0 Å². The molecule has 0 saturated carbocycles. The Morgan fingerprint density at radius 3 is 2.89 bits per heavy atom. The van der Waals surface area contributed by atoms with Crippen LogP contribution in [0, 0.1) is 0 Å². The number of aromatic nitrogens is 1. The van der Waals surface area contributed by atoms with E-state index in [-0.39, 0.29) is 11.8 Å². The van der Waals surface area contributed by atoms with Gasteiger partial charge in [-0.3, -0.25) is 4.98 Å². The molecule has 1 aromatic rings.